The highest BCUT2D eigenvalue weighted by molar-refractivity contribution is 6.05. The predicted octanol–water partition coefficient (Wildman–Crippen LogP) is 4.61. The zero-order valence-electron chi connectivity index (χ0n) is 19.7. The monoisotopic (exact) mass is 476 g/mol. The number of amides is 1. The van der Waals surface area contributed by atoms with Gasteiger partial charge in [-0.15, -0.1) is 0 Å². The average Bonchev–Trinajstić information content (AvgIpc) is 2.87. The number of hydrogen-bond acceptors (Lipinski definition) is 6. The summed E-state index contributed by atoms with van der Waals surface area (Å²) in [5, 5.41) is 12.7. The van der Waals surface area contributed by atoms with Crippen molar-refractivity contribution in [1.82, 2.24) is 0 Å². The van der Waals surface area contributed by atoms with Gasteiger partial charge in [-0.05, 0) is 55.0 Å². The van der Waals surface area contributed by atoms with Gasteiger partial charge in [0.25, 0.3) is 5.91 Å². The van der Waals surface area contributed by atoms with Gasteiger partial charge in [-0.25, -0.2) is 4.79 Å². The number of methoxy groups -OCH3 is 1. The van der Waals surface area contributed by atoms with Crippen LogP contribution in [0.3, 0.4) is 0 Å². The molecular formula is C27H28N2O6. The summed E-state index contributed by atoms with van der Waals surface area (Å²) in [7, 11) is 1.54. The number of benzene rings is 3. The number of carboxylic acids is 1. The molecule has 2 N–H and O–H groups in total. The summed E-state index contributed by atoms with van der Waals surface area (Å²) in [5.41, 5.74) is 2.17. The first-order valence-electron chi connectivity index (χ1n) is 11.2. The molecular weight excluding hydrogens is 448 g/mol. The van der Waals surface area contributed by atoms with Crippen LogP contribution in [0.5, 0.6) is 5.75 Å². The summed E-state index contributed by atoms with van der Waals surface area (Å²) in [5.74, 6) is -1.25. The maximum absolute atomic E-state index is 12.6. The van der Waals surface area contributed by atoms with Gasteiger partial charge in [0.2, 0.25) is 0 Å². The number of aromatic carboxylic acids is 1. The number of ether oxygens (including phenoxy) is 2. The summed E-state index contributed by atoms with van der Waals surface area (Å²) in [6, 6.07) is 20.8. The van der Waals surface area contributed by atoms with Crippen LogP contribution in [0.1, 0.15) is 39.6 Å². The first-order chi connectivity index (χ1) is 16.9. The van der Waals surface area contributed by atoms with Gasteiger partial charge < -0.3 is 24.8 Å². The number of rotatable bonds is 11. The second kappa shape index (κ2) is 12.2. The van der Waals surface area contributed by atoms with Crippen LogP contribution in [-0.4, -0.2) is 43.2 Å². The van der Waals surface area contributed by atoms with Crippen LogP contribution < -0.4 is 15.0 Å². The van der Waals surface area contributed by atoms with Gasteiger partial charge >= 0.3 is 11.9 Å². The third kappa shape index (κ3) is 7.07. The van der Waals surface area contributed by atoms with Crippen molar-refractivity contribution < 1.29 is 29.0 Å². The molecule has 0 aliphatic heterocycles. The molecule has 1 amide bonds. The molecule has 0 aliphatic rings. The third-order valence-electron chi connectivity index (χ3n) is 5.29. The molecule has 8 nitrogen and oxygen atoms in total. The second-order valence-corrected chi connectivity index (χ2v) is 7.68. The van der Waals surface area contributed by atoms with Crippen LogP contribution in [-0.2, 0) is 16.1 Å². The van der Waals surface area contributed by atoms with Crippen molar-refractivity contribution in [3.8, 4) is 5.75 Å². The number of nitrogens with zero attached hydrogens (tertiary/aromatic N) is 1. The molecule has 0 spiro atoms. The van der Waals surface area contributed by atoms with Crippen molar-refractivity contribution in [1.29, 1.82) is 0 Å². The van der Waals surface area contributed by atoms with E-state index >= 15 is 0 Å². The van der Waals surface area contributed by atoms with E-state index in [4.69, 9.17) is 9.47 Å². The molecule has 0 unspecified atom stereocenters. The van der Waals surface area contributed by atoms with Crippen LogP contribution in [0.15, 0.2) is 72.8 Å². The van der Waals surface area contributed by atoms with E-state index in [1.54, 1.807) is 43.3 Å². The molecule has 0 saturated heterocycles. The van der Waals surface area contributed by atoms with Crippen LogP contribution in [0.4, 0.5) is 11.4 Å². The lowest BCUT2D eigenvalue weighted by molar-refractivity contribution is -0.142. The lowest BCUT2D eigenvalue weighted by Gasteiger charge is -2.26. The topological polar surface area (TPSA) is 105 Å². The van der Waals surface area contributed by atoms with Crippen molar-refractivity contribution in [3.05, 3.63) is 89.5 Å². The number of carboxylic acid groups (broad SMARTS) is 1. The molecule has 3 rings (SSSR count). The Hall–Kier alpha value is -4.33. The average molecular weight is 477 g/mol. The van der Waals surface area contributed by atoms with Gasteiger partial charge in [0.1, 0.15) is 5.75 Å². The molecule has 0 fully saturated rings. The van der Waals surface area contributed by atoms with E-state index in [1.165, 1.54) is 13.2 Å². The number of anilines is 2. The summed E-state index contributed by atoms with van der Waals surface area (Å²) < 4.78 is 10.1. The Morgan fingerprint density at radius 1 is 0.971 bits per heavy atom. The molecule has 182 valence electrons. The Morgan fingerprint density at radius 3 is 2.31 bits per heavy atom. The van der Waals surface area contributed by atoms with E-state index in [0.29, 0.717) is 29.2 Å². The van der Waals surface area contributed by atoms with E-state index < -0.39 is 5.97 Å². The van der Waals surface area contributed by atoms with Gasteiger partial charge in [0, 0.05) is 24.3 Å². The molecule has 0 saturated carbocycles. The van der Waals surface area contributed by atoms with Crippen LogP contribution in [0.2, 0.25) is 0 Å². The Balaban J connectivity index is 1.86. The maximum atomic E-state index is 12.6. The fourth-order valence-electron chi connectivity index (χ4n) is 3.55. The summed E-state index contributed by atoms with van der Waals surface area (Å²) in [6.07, 6.45) is 0.107. The summed E-state index contributed by atoms with van der Waals surface area (Å²) in [6.45, 7) is 2.69. The van der Waals surface area contributed by atoms with Gasteiger partial charge in [-0.1, -0.05) is 30.3 Å². The molecule has 3 aromatic carbocycles. The third-order valence-corrected chi connectivity index (χ3v) is 5.29. The SMILES string of the molecule is CCOC(=O)CCN(Cc1ccccc1)c1ccc(NC(=O)c2ccc(OC)cc2)cc1C(=O)O. The molecule has 3 aromatic rings. The van der Waals surface area contributed by atoms with E-state index in [0.717, 1.165) is 5.56 Å². The summed E-state index contributed by atoms with van der Waals surface area (Å²) in [4.78, 5) is 38.6. The van der Waals surface area contributed by atoms with Gasteiger partial charge in [-0.3, -0.25) is 9.59 Å². The van der Waals surface area contributed by atoms with Crippen molar-refractivity contribution in [2.24, 2.45) is 0 Å². The number of carbonyl (C=O) groups excluding carboxylic acids is 2. The largest absolute Gasteiger partial charge is 0.497 e. The smallest absolute Gasteiger partial charge is 0.337 e. The quantitative estimate of drug-likeness (QED) is 0.390. The van der Waals surface area contributed by atoms with Crippen LogP contribution in [0, 0.1) is 0 Å². The molecule has 35 heavy (non-hydrogen) atoms. The fourth-order valence-corrected chi connectivity index (χ4v) is 3.55. The minimum Gasteiger partial charge on any atom is -0.497 e. The first-order valence-corrected chi connectivity index (χ1v) is 11.2. The number of hydrogen-bond donors (Lipinski definition) is 2. The van der Waals surface area contributed by atoms with E-state index in [2.05, 4.69) is 5.32 Å². The molecule has 0 atom stereocenters. The van der Waals surface area contributed by atoms with E-state index in [-0.39, 0.29) is 37.0 Å². The van der Waals surface area contributed by atoms with Crippen LogP contribution >= 0.6 is 0 Å². The fraction of sp³-hybridized carbons (Fsp3) is 0.222. The van der Waals surface area contributed by atoms with Gasteiger partial charge in [0.05, 0.1) is 31.4 Å². The summed E-state index contributed by atoms with van der Waals surface area (Å²) >= 11 is 0. The lowest BCUT2D eigenvalue weighted by atomic mass is 10.1. The minimum absolute atomic E-state index is 0.0114. The highest BCUT2D eigenvalue weighted by Gasteiger charge is 2.19. The number of nitrogens with one attached hydrogen (secondary N) is 1. The molecule has 0 aliphatic carbocycles. The molecule has 8 heteroatoms. The van der Waals surface area contributed by atoms with Crippen LogP contribution in [0.25, 0.3) is 0 Å². The molecule has 0 aromatic heterocycles. The number of esters is 1. The maximum Gasteiger partial charge on any atom is 0.337 e. The lowest BCUT2D eigenvalue weighted by Crippen LogP contribution is -2.28. The van der Waals surface area contributed by atoms with Gasteiger partial charge in [0.15, 0.2) is 0 Å². The standard InChI is InChI=1S/C27H28N2O6/c1-3-35-25(30)15-16-29(18-19-7-5-4-6-8-19)24-14-11-21(17-23(24)27(32)33)28-26(31)20-9-12-22(34-2)13-10-20/h4-14,17H,3,15-16,18H2,1-2H3,(H,28,31)(H,32,33). The highest BCUT2D eigenvalue weighted by atomic mass is 16.5. The van der Waals surface area contributed by atoms with Crippen molar-refractivity contribution in [3.63, 3.8) is 0 Å². The Morgan fingerprint density at radius 2 is 1.69 bits per heavy atom. The Bertz CT molecular complexity index is 1160. The van der Waals surface area contributed by atoms with Crippen molar-refractivity contribution in [2.75, 3.05) is 30.5 Å². The highest BCUT2D eigenvalue weighted by Crippen LogP contribution is 2.27. The Labute approximate surface area is 204 Å². The van der Waals surface area contributed by atoms with E-state index in [9.17, 15) is 19.5 Å². The minimum atomic E-state index is -1.14. The molecule has 0 heterocycles. The molecule has 0 radical (unpaired) electrons. The normalized spacial score (nSPS) is 10.3. The number of carbonyl (C=O) groups is 3. The van der Waals surface area contributed by atoms with E-state index in [1.807, 2.05) is 35.2 Å². The Kier molecular flexibility index (Phi) is 8.83. The molecule has 0 bridgehead atoms. The zero-order valence-corrected chi connectivity index (χ0v) is 19.7. The zero-order chi connectivity index (χ0) is 25.2. The predicted molar refractivity (Wildman–Crippen MR) is 133 cm³/mol. The first kappa shape index (κ1) is 25.3. The van der Waals surface area contributed by atoms with Gasteiger partial charge in [-0.2, -0.15) is 0 Å². The van der Waals surface area contributed by atoms with Crippen molar-refractivity contribution in [2.45, 2.75) is 19.9 Å². The van der Waals surface area contributed by atoms with Crippen molar-refractivity contribution >= 4 is 29.2 Å². The second-order valence-electron chi connectivity index (χ2n) is 7.68.